The Labute approximate surface area is 199 Å². The van der Waals surface area contributed by atoms with Gasteiger partial charge in [-0.15, -0.1) is 0 Å². The number of piperazine rings is 1. The zero-order valence-electron chi connectivity index (χ0n) is 19.5. The molecule has 3 fully saturated rings. The Morgan fingerprint density at radius 2 is 1.97 bits per heavy atom. The normalized spacial score (nSPS) is 26.8. The first-order chi connectivity index (χ1) is 16.5. The molecule has 0 saturated carbocycles. The molecule has 10 nitrogen and oxygen atoms in total. The van der Waals surface area contributed by atoms with Gasteiger partial charge in [0.1, 0.15) is 0 Å². The van der Waals surface area contributed by atoms with E-state index in [0.29, 0.717) is 32.6 Å². The number of nitro groups is 1. The van der Waals surface area contributed by atoms with Crippen LogP contribution in [0.25, 0.3) is 0 Å². The first-order valence-corrected chi connectivity index (χ1v) is 12.4. The maximum atomic E-state index is 13.4. The van der Waals surface area contributed by atoms with E-state index in [4.69, 9.17) is 4.74 Å². The second-order valence-corrected chi connectivity index (χ2v) is 9.84. The lowest BCUT2D eigenvalue weighted by molar-refractivity contribution is -0.384. The highest BCUT2D eigenvalue weighted by Gasteiger charge is 2.42. The number of hydrogen-bond acceptors (Lipinski definition) is 7. The number of likely N-dealkylation sites (tertiary alicyclic amines) is 1. The van der Waals surface area contributed by atoms with Crippen molar-refractivity contribution in [2.75, 3.05) is 57.3 Å². The number of hydrogen-bond donors (Lipinski definition) is 1. The molecule has 5 rings (SSSR count). The molecular formula is C24H33N5O5. The van der Waals surface area contributed by atoms with Crippen molar-refractivity contribution < 1.29 is 19.2 Å². The van der Waals surface area contributed by atoms with Gasteiger partial charge in [-0.25, -0.2) is 0 Å². The molecule has 4 aliphatic rings. The summed E-state index contributed by atoms with van der Waals surface area (Å²) >= 11 is 0. The molecule has 0 aliphatic carbocycles. The summed E-state index contributed by atoms with van der Waals surface area (Å²) in [5, 5.41) is 14.4. The number of nitrogens with zero attached hydrogens (tertiary/aromatic N) is 4. The van der Waals surface area contributed by atoms with Crippen LogP contribution in [0.3, 0.4) is 0 Å². The lowest BCUT2D eigenvalue weighted by Gasteiger charge is -2.49. The highest BCUT2D eigenvalue weighted by atomic mass is 16.6. The maximum Gasteiger partial charge on any atom is 0.269 e. The SMILES string of the molecule is O=C(NC[C@@H]1CCCO1)[C@H]1Cc2cc([N+](=O)[O-])ccc2N2CCN(CC(=O)N3CCCC3)C[C@H]12. The van der Waals surface area contributed by atoms with Crippen molar-refractivity contribution in [1.29, 1.82) is 0 Å². The van der Waals surface area contributed by atoms with Gasteiger partial charge in [0.2, 0.25) is 11.8 Å². The topological polar surface area (TPSA) is 108 Å². The largest absolute Gasteiger partial charge is 0.376 e. The number of nitro benzene ring substituents is 1. The molecule has 0 bridgehead atoms. The summed E-state index contributed by atoms with van der Waals surface area (Å²) in [5.74, 6) is -0.229. The first kappa shape index (κ1) is 23.0. The minimum atomic E-state index is -0.388. The zero-order valence-corrected chi connectivity index (χ0v) is 19.5. The molecule has 0 radical (unpaired) electrons. The molecular weight excluding hydrogens is 438 g/mol. The third kappa shape index (κ3) is 4.74. The Bertz CT molecular complexity index is 944. The lowest BCUT2D eigenvalue weighted by atomic mass is 9.83. The summed E-state index contributed by atoms with van der Waals surface area (Å²) in [6.45, 7) is 5.29. The van der Waals surface area contributed by atoms with Gasteiger partial charge in [0.25, 0.3) is 5.69 Å². The molecule has 0 aromatic heterocycles. The number of non-ortho nitro benzene ring substituents is 1. The molecule has 0 spiro atoms. The van der Waals surface area contributed by atoms with Gasteiger partial charge in [-0.05, 0) is 43.7 Å². The summed E-state index contributed by atoms with van der Waals surface area (Å²) in [6.07, 6.45) is 4.59. The molecule has 1 N–H and O–H groups in total. The third-order valence-corrected chi connectivity index (χ3v) is 7.67. The van der Waals surface area contributed by atoms with Crippen LogP contribution in [0.2, 0.25) is 0 Å². The van der Waals surface area contributed by atoms with E-state index < -0.39 is 0 Å². The van der Waals surface area contributed by atoms with Crippen molar-refractivity contribution in [2.45, 2.75) is 44.2 Å². The Balaban J connectivity index is 1.34. The van der Waals surface area contributed by atoms with Gasteiger partial charge in [0.15, 0.2) is 0 Å². The van der Waals surface area contributed by atoms with Crippen LogP contribution in [-0.4, -0.2) is 91.1 Å². The van der Waals surface area contributed by atoms with E-state index in [0.717, 1.165) is 63.2 Å². The summed E-state index contributed by atoms with van der Waals surface area (Å²) in [5.41, 5.74) is 1.85. The monoisotopic (exact) mass is 471 g/mol. The maximum absolute atomic E-state index is 13.4. The van der Waals surface area contributed by atoms with Crippen LogP contribution in [0.5, 0.6) is 0 Å². The van der Waals surface area contributed by atoms with E-state index in [1.807, 2.05) is 11.0 Å². The average Bonchev–Trinajstić information content (AvgIpc) is 3.56. The summed E-state index contributed by atoms with van der Waals surface area (Å²) < 4.78 is 5.65. The highest BCUT2D eigenvalue weighted by Crippen LogP contribution is 2.38. The summed E-state index contributed by atoms with van der Waals surface area (Å²) in [6, 6.07) is 4.87. The number of carbonyl (C=O) groups excluding carboxylic acids is 2. The number of rotatable bonds is 6. The van der Waals surface area contributed by atoms with Gasteiger partial charge in [0.05, 0.1) is 29.5 Å². The highest BCUT2D eigenvalue weighted by molar-refractivity contribution is 5.82. The number of fused-ring (bicyclic) bond motifs is 3. The molecule has 2 amide bonds. The fraction of sp³-hybridized carbons (Fsp3) is 0.667. The van der Waals surface area contributed by atoms with Crippen LogP contribution in [0.15, 0.2) is 18.2 Å². The average molecular weight is 472 g/mol. The van der Waals surface area contributed by atoms with Crippen LogP contribution in [0, 0.1) is 16.0 Å². The molecule has 34 heavy (non-hydrogen) atoms. The Kier molecular flexibility index (Phi) is 6.69. The van der Waals surface area contributed by atoms with Crippen LogP contribution in [0.4, 0.5) is 11.4 Å². The molecule has 4 heterocycles. The van der Waals surface area contributed by atoms with Gasteiger partial charge >= 0.3 is 0 Å². The van der Waals surface area contributed by atoms with Crippen LogP contribution in [-0.2, 0) is 20.7 Å². The predicted molar refractivity (Wildman–Crippen MR) is 126 cm³/mol. The van der Waals surface area contributed by atoms with Crippen molar-refractivity contribution in [3.8, 4) is 0 Å². The van der Waals surface area contributed by atoms with E-state index in [-0.39, 0.29) is 40.5 Å². The summed E-state index contributed by atoms with van der Waals surface area (Å²) in [7, 11) is 0. The molecule has 3 saturated heterocycles. The fourth-order valence-electron chi connectivity index (χ4n) is 5.83. The molecule has 1 aromatic carbocycles. The minimum absolute atomic E-state index is 0.0459. The molecule has 184 valence electrons. The van der Waals surface area contributed by atoms with E-state index in [1.165, 1.54) is 6.07 Å². The van der Waals surface area contributed by atoms with E-state index >= 15 is 0 Å². The number of nitrogens with one attached hydrogen (secondary N) is 1. The zero-order chi connectivity index (χ0) is 23.7. The van der Waals surface area contributed by atoms with Crippen LogP contribution in [0.1, 0.15) is 31.2 Å². The van der Waals surface area contributed by atoms with Crippen molar-refractivity contribution in [1.82, 2.24) is 15.1 Å². The number of benzene rings is 1. The van der Waals surface area contributed by atoms with E-state index in [2.05, 4.69) is 15.1 Å². The Morgan fingerprint density at radius 1 is 1.15 bits per heavy atom. The molecule has 3 atom stereocenters. The van der Waals surface area contributed by atoms with Gasteiger partial charge < -0.3 is 19.9 Å². The van der Waals surface area contributed by atoms with E-state index in [9.17, 15) is 19.7 Å². The number of ether oxygens (including phenoxy) is 1. The summed E-state index contributed by atoms with van der Waals surface area (Å²) in [4.78, 5) is 43.4. The van der Waals surface area contributed by atoms with Crippen molar-refractivity contribution >= 4 is 23.2 Å². The van der Waals surface area contributed by atoms with Gasteiger partial charge in [-0.3, -0.25) is 24.6 Å². The Hall–Kier alpha value is -2.72. The predicted octanol–water partition coefficient (Wildman–Crippen LogP) is 1.18. The minimum Gasteiger partial charge on any atom is -0.376 e. The van der Waals surface area contributed by atoms with Gasteiger partial charge in [-0.2, -0.15) is 0 Å². The number of amides is 2. The molecule has 0 unspecified atom stereocenters. The lowest BCUT2D eigenvalue weighted by Crippen LogP contribution is -2.62. The van der Waals surface area contributed by atoms with Crippen molar-refractivity contribution in [3.63, 3.8) is 0 Å². The van der Waals surface area contributed by atoms with E-state index in [1.54, 1.807) is 6.07 Å². The second kappa shape index (κ2) is 9.87. The molecule has 1 aromatic rings. The Morgan fingerprint density at radius 3 is 2.71 bits per heavy atom. The first-order valence-electron chi connectivity index (χ1n) is 12.4. The molecule has 10 heteroatoms. The van der Waals surface area contributed by atoms with Crippen LogP contribution < -0.4 is 10.2 Å². The van der Waals surface area contributed by atoms with Crippen molar-refractivity contribution in [2.24, 2.45) is 5.92 Å². The van der Waals surface area contributed by atoms with Gasteiger partial charge in [-0.1, -0.05) is 0 Å². The quantitative estimate of drug-likeness (QED) is 0.490. The third-order valence-electron chi connectivity index (χ3n) is 7.67. The number of carbonyl (C=O) groups is 2. The van der Waals surface area contributed by atoms with Crippen molar-refractivity contribution in [3.05, 3.63) is 33.9 Å². The van der Waals surface area contributed by atoms with Crippen LogP contribution >= 0.6 is 0 Å². The van der Waals surface area contributed by atoms with Gasteiger partial charge in [0, 0.05) is 63.7 Å². The fourth-order valence-corrected chi connectivity index (χ4v) is 5.83. The standard InChI is InChI=1S/C24H33N5O5/c30-23(27-7-1-2-8-27)16-26-9-10-28-21-6-5-18(29(32)33)12-17(21)13-20(22(28)15-26)24(31)25-14-19-4-3-11-34-19/h5-6,12,19-20,22H,1-4,7-11,13-16H2,(H,25,31)/t19-,20-,22+/m0/s1. The smallest absolute Gasteiger partial charge is 0.269 e. The number of anilines is 1. The molecule has 4 aliphatic heterocycles. The second-order valence-electron chi connectivity index (χ2n) is 9.84.